The molecule has 1 saturated heterocycles. The van der Waals surface area contributed by atoms with Crippen LogP contribution in [0, 0.1) is 12.8 Å². The monoisotopic (exact) mass is 314 g/mol. The van der Waals surface area contributed by atoms with Crippen LogP contribution in [0.1, 0.15) is 56.6 Å². The molecule has 1 amide bonds. The molecule has 3 rings (SSSR count). The first kappa shape index (κ1) is 16.5. The van der Waals surface area contributed by atoms with Gasteiger partial charge in [-0.15, -0.1) is 0 Å². The second kappa shape index (κ2) is 7.04. The zero-order valence-electron chi connectivity index (χ0n) is 14.5. The maximum atomic E-state index is 13.4. The second-order valence-electron chi connectivity index (χ2n) is 7.51. The van der Waals surface area contributed by atoms with E-state index in [1.165, 1.54) is 17.5 Å². The fourth-order valence-electron chi connectivity index (χ4n) is 4.42. The van der Waals surface area contributed by atoms with Gasteiger partial charge in [-0.3, -0.25) is 4.79 Å². The summed E-state index contributed by atoms with van der Waals surface area (Å²) in [5.41, 5.74) is 2.19. The molecule has 2 fully saturated rings. The maximum Gasteiger partial charge on any atom is 0.230 e. The van der Waals surface area contributed by atoms with E-state index < -0.39 is 0 Å². The van der Waals surface area contributed by atoms with Crippen molar-refractivity contribution in [3.8, 4) is 0 Å². The zero-order valence-corrected chi connectivity index (χ0v) is 14.5. The zero-order chi connectivity index (χ0) is 16.3. The summed E-state index contributed by atoms with van der Waals surface area (Å²) in [7, 11) is 0. The lowest BCUT2D eigenvalue weighted by molar-refractivity contribution is -0.129. The minimum atomic E-state index is -0.311. The number of rotatable bonds is 3. The van der Waals surface area contributed by atoms with Crippen LogP contribution in [0.5, 0.6) is 0 Å². The van der Waals surface area contributed by atoms with Gasteiger partial charge in [0.25, 0.3) is 0 Å². The minimum absolute atomic E-state index is 0.269. The van der Waals surface area contributed by atoms with Crippen LogP contribution >= 0.6 is 0 Å². The van der Waals surface area contributed by atoms with Gasteiger partial charge in [0.1, 0.15) is 0 Å². The summed E-state index contributed by atoms with van der Waals surface area (Å²) < 4.78 is 0. The molecule has 1 saturated carbocycles. The summed E-state index contributed by atoms with van der Waals surface area (Å²) in [6, 6.07) is 8.78. The molecular formula is C20H30N2O. The van der Waals surface area contributed by atoms with Crippen molar-refractivity contribution in [1.82, 2.24) is 10.6 Å². The molecule has 23 heavy (non-hydrogen) atoms. The predicted molar refractivity (Wildman–Crippen MR) is 94.5 cm³/mol. The first-order chi connectivity index (χ1) is 11.1. The van der Waals surface area contributed by atoms with Gasteiger partial charge in [-0.2, -0.15) is 0 Å². The molecule has 2 unspecified atom stereocenters. The van der Waals surface area contributed by atoms with Crippen molar-refractivity contribution in [2.75, 3.05) is 13.1 Å². The van der Waals surface area contributed by atoms with Crippen molar-refractivity contribution < 1.29 is 4.79 Å². The fraction of sp³-hybridized carbons (Fsp3) is 0.650. The highest BCUT2D eigenvalue weighted by Crippen LogP contribution is 2.41. The Morgan fingerprint density at radius 2 is 1.96 bits per heavy atom. The van der Waals surface area contributed by atoms with Gasteiger partial charge in [-0.1, -0.05) is 50.5 Å². The van der Waals surface area contributed by atoms with E-state index in [4.69, 9.17) is 0 Å². The number of hydrogen-bond acceptors (Lipinski definition) is 2. The number of aryl methyl sites for hydroxylation is 1. The van der Waals surface area contributed by atoms with Gasteiger partial charge in [-0.25, -0.2) is 0 Å². The SMILES string of the molecule is Cc1ccccc1C1(C(=O)NC2CCNCC2C)CCCCC1. The molecule has 0 aromatic heterocycles. The number of piperidine rings is 1. The quantitative estimate of drug-likeness (QED) is 0.898. The number of benzene rings is 1. The van der Waals surface area contributed by atoms with Crippen molar-refractivity contribution in [1.29, 1.82) is 0 Å². The molecule has 1 aromatic rings. The van der Waals surface area contributed by atoms with Gasteiger partial charge in [0, 0.05) is 6.04 Å². The van der Waals surface area contributed by atoms with Gasteiger partial charge in [0.05, 0.1) is 5.41 Å². The Morgan fingerprint density at radius 1 is 1.22 bits per heavy atom. The highest BCUT2D eigenvalue weighted by Gasteiger charge is 2.43. The van der Waals surface area contributed by atoms with E-state index in [1.54, 1.807) is 0 Å². The first-order valence-electron chi connectivity index (χ1n) is 9.21. The van der Waals surface area contributed by atoms with Gasteiger partial charge < -0.3 is 10.6 Å². The molecule has 0 spiro atoms. The average Bonchev–Trinajstić information content (AvgIpc) is 2.58. The Kier molecular flexibility index (Phi) is 5.05. The normalized spacial score (nSPS) is 27.4. The van der Waals surface area contributed by atoms with Crippen LogP contribution in [-0.2, 0) is 10.2 Å². The summed E-state index contributed by atoms with van der Waals surface area (Å²) in [6.45, 7) is 6.39. The molecular weight excluding hydrogens is 284 g/mol. The van der Waals surface area contributed by atoms with Crippen LogP contribution in [-0.4, -0.2) is 25.0 Å². The Hall–Kier alpha value is -1.35. The van der Waals surface area contributed by atoms with Crippen molar-refractivity contribution >= 4 is 5.91 Å². The maximum absolute atomic E-state index is 13.4. The lowest BCUT2D eigenvalue weighted by Gasteiger charge is -2.40. The minimum Gasteiger partial charge on any atom is -0.352 e. The van der Waals surface area contributed by atoms with Crippen LogP contribution < -0.4 is 10.6 Å². The van der Waals surface area contributed by atoms with E-state index >= 15 is 0 Å². The summed E-state index contributed by atoms with van der Waals surface area (Å²) in [4.78, 5) is 13.4. The first-order valence-corrected chi connectivity index (χ1v) is 9.21. The van der Waals surface area contributed by atoms with E-state index in [9.17, 15) is 4.79 Å². The average molecular weight is 314 g/mol. The molecule has 2 N–H and O–H groups in total. The highest BCUT2D eigenvalue weighted by atomic mass is 16.2. The van der Waals surface area contributed by atoms with E-state index in [2.05, 4.69) is 48.7 Å². The number of carbonyl (C=O) groups excluding carboxylic acids is 1. The molecule has 2 aliphatic rings. The molecule has 3 nitrogen and oxygen atoms in total. The third-order valence-corrected chi connectivity index (χ3v) is 5.90. The highest BCUT2D eigenvalue weighted by molar-refractivity contribution is 5.89. The topological polar surface area (TPSA) is 41.1 Å². The Bertz CT molecular complexity index is 548. The van der Waals surface area contributed by atoms with Crippen molar-refractivity contribution in [2.24, 2.45) is 5.92 Å². The van der Waals surface area contributed by atoms with Crippen LogP contribution in [0.2, 0.25) is 0 Å². The van der Waals surface area contributed by atoms with Crippen molar-refractivity contribution in [2.45, 2.75) is 63.8 Å². The molecule has 1 aliphatic heterocycles. The summed E-state index contributed by atoms with van der Waals surface area (Å²) in [5, 5.41) is 6.84. The van der Waals surface area contributed by atoms with Gasteiger partial charge in [0.15, 0.2) is 0 Å². The molecule has 1 aliphatic carbocycles. The molecule has 3 heteroatoms. The van der Waals surface area contributed by atoms with Crippen LogP contribution in [0.15, 0.2) is 24.3 Å². The van der Waals surface area contributed by atoms with Gasteiger partial charge >= 0.3 is 0 Å². The summed E-state index contributed by atoms with van der Waals surface area (Å²) >= 11 is 0. The summed E-state index contributed by atoms with van der Waals surface area (Å²) in [5.74, 6) is 0.774. The Balaban J connectivity index is 1.86. The molecule has 1 aromatic carbocycles. The largest absolute Gasteiger partial charge is 0.352 e. The molecule has 126 valence electrons. The fourth-order valence-corrected chi connectivity index (χ4v) is 4.42. The van der Waals surface area contributed by atoms with E-state index in [-0.39, 0.29) is 11.3 Å². The van der Waals surface area contributed by atoms with Crippen molar-refractivity contribution in [3.63, 3.8) is 0 Å². The number of nitrogens with one attached hydrogen (secondary N) is 2. The van der Waals surface area contributed by atoms with Crippen molar-refractivity contribution in [3.05, 3.63) is 35.4 Å². The third kappa shape index (κ3) is 3.30. The number of carbonyl (C=O) groups is 1. The summed E-state index contributed by atoms with van der Waals surface area (Å²) in [6.07, 6.45) is 6.58. The lowest BCUT2D eigenvalue weighted by atomic mass is 9.67. The Morgan fingerprint density at radius 3 is 2.65 bits per heavy atom. The van der Waals surface area contributed by atoms with Crippen LogP contribution in [0.25, 0.3) is 0 Å². The van der Waals surface area contributed by atoms with Crippen LogP contribution in [0.4, 0.5) is 0 Å². The molecule has 0 radical (unpaired) electrons. The second-order valence-corrected chi connectivity index (χ2v) is 7.51. The lowest BCUT2D eigenvalue weighted by Crippen LogP contribution is -2.54. The number of amides is 1. The smallest absolute Gasteiger partial charge is 0.230 e. The van der Waals surface area contributed by atoms with E-state index in [0.717, 1.165) is 45.2 Å². The molecule has 0 bridgehead atoms. The number of hydrogen-bond donors (Lipinski definition) is 2. The third-order valence-electron chi connectivity index (χ3n) is 5.90. The predicted octanol–water partition coefficient (Wildman–Crippen LogP) is 3.31. The standard InChI is InChI=1S/C20H30N2O/c1-15-8-4-5-9-17(15)20(11-6-3-7-12-20)19(23)22-18-10-13-21-14-16(18)2/h4-5,8-9,16,18,21H,3,6-7,10-14H2,1-2H3,(H,22,23). The van der Waals surface area contributed by atoms with E-state index in [1.807, 2.05) is 0 Å². The van der Waals surface area contributed by atoms with Crippen LogP contribution in [0.3, 0.4) is 0 Å². The van der Waals surface area contributed by atoms with Gasteiger partial charge in [-0.05, 0) is 56.3 Å². The Labute approximate surface area is 140 Å². The molecule has 2 atom stereocenters. The molecule has 1 heterocycles. The van der Waals surface area contributed by atoms with Gasteiger partial charge in [0.2, 0.25) is 5.91 Å². The van der Waals surface area contributed by atoms with E-state index in [0.29, 0.717) is 12.0 Å².